The molecule has 6 heteroatoms. The van der Waals surface area contributed by atoms with Crippen molar-refractivity contribution in [2.75, 3.05) is 26.2 Å². The molecule has 2 N–H and O–H groups in total. The number of hydrogen-bond donors (Lipinski definition) is 2. The van der Waals surface area contributed by atoms with Crippen molar-refractivity contribution in [2.45, 2.75) is 26.7 Å². The van der Waals surface area contributed by atoms with E-state index < -0.39 is 0 Å². The van der Waals surface area contributed by atoms with E-state index in [1.54, 1.807) is 0 Å². The Kier molecular flexibility index (Phi) is 7.46. The van der Waals surface area contributed by atoms with Gasteiger partial charge in [0.25, 0.3) is 5.91 Å². The number of piperidine rings is 1. The predicted molar refractivity (Wildman–Crippen MR) is 92.2 cm³/mol. The molecule has 1 aromatic rings. The fourth-order valence-corrected chi connectivity index (χ4v) is 2.62. The van der Waals surface area contributed by atoms with Crippen molar-refractivity contribution < 1.29 is 9.53 Å². The molecule has 0 aromatic heterocycles. The molecule has 1 saturated heterocycles. The van der Waals surface area contributed by atoms with Crippen molar-refractivity contribution in [3.8, 4) is 5.75 Å². The van der Waals surface area contributed by atoms with Gasteiger partial charge in [0.15, 0.2) is 6.61 Å². The number of carbonyl (C=O) groups is 1. The van der Waals surface area contributed by atoms with Crippen LogP contribution in [0, 0.1) is 12.3 Å². The average Bonchev–Trinajstić information content (AvgIpc) is 2.47. The molecule has 1 amide bonds. The number of carbonyl (C=O) groups excluding carboxylic acids is 1. The first kappa shape index (κ1) is 19.1. The van der Waals surface area contributed by atoms with Crippen LogP contribution in [-0.4, -0.2) is 32.1 Å². The molecule has 124 valence electrons. The molecule has 0 unspecified atom stereocenters. The summed E-state index contributed by atoms with van der Waals surface area (Å²) in [5, 5.41) is 6.96. The minimum atomic E-state index is -0.0888. The van der Waals surface area contributed by atoms with E-state index >= 15 is 0 Å². The van der Waals surface area contributed by atoms with Crippen LogP contribution < -0.4 is 15.4 Å². The summed E-state index contributed by atoms with van der Waals surface area (Å²) in [7, 11) is 0. The fraction of sp³-hybridized carbons (Fsp3) is 0.562. The molecule has 0 atom stereocenters. The van der Waals surface area contributed by atoms with Crippen molar-refractivity contribution >= 4 is 29.9 Å². The molecule has 2 rings (SSSR count). The third-order valence-electron chi connectivity index (χ3n) is 4.10. The molecule has 1 heterocycles. The highest BCUT2D eigenvalue weighted by atomic mass is 35.5. The first-order valence-electron chi connectivity index (χ1n) is 7.35. The zero-order valence-electron chi connectivity index (χ0n) is 13.1. The maximum Gasteiger partial charge on any atom is 0.257 e. The van der Waals surface area contributed by atoms with Gasteiger partial charge in [0.2, 0.25) is 0 Å². The van der Waals surface area contributed by atoms with Gasteiger partial charge in [0.1, 0.15) is 5.75 Å². The lowest BCUT2D eigenvalue weighted by atomic mass is 9.81. The monoisotopic (exact) mass is 346 g/mol. The highest BCUT2D eigenvalue weighted by Gasteiger charge is 2.26. The third-order valence-corrected chi connectivity index (χ3v) is 4.51. The molecule has 22 heavy (non-hydrogen) atoms. The first-order valence-corrected chi connectivity index (χ1v) is 7.73. The van der Waals surface area contributed by atoms with E-state index in [-0.39, 0.29) is 30.3 Å². The number of hydrogen-bond acceptors (Lipinski definition) is 3. The second kappa shape index (κ2) is 8.61. The lowest BCUT2D eigenvalue weighted by Gasteiger charge is -2.34. The van der Waals surface area contributed by atoms with Crippen molar-refractivity contribution in [3.63, 3.8) is 0 Å². The smallest absolute Gasteiger partial charge is 0.257 e. The van der Waals surface area contributed by atoms with Crippen LogP contribution in [0.15, 0.2) is 18.2 Å². The number of benzene rings is 1. The Balaban J connectivity index is 0.00000242. The van der Waals surface area contributed by atoms with Gasteiger partial charge in [-0.15, -0.1) is 12.4 Å². The molecular formula is C16H24Cl2N2O2. The number of amides is 1. The largest absolute Gasteiger partial charge is 0.483 e. The molecule has 1 fully saturated rings. The summed E-state index contributed by atoms with van der Waals surface area (Å²) in [5.41, 5.74) is 1.05. The molecule has 0 bridgehead atoms. The summed E-state index contributed by atoms with van der Waals surface area (Å²) in [6.45, 7) is 6.86. The van der Waals surface area contributed by atoms with Gasteiger partial charge in [-0.1, -0.05) is 24.6 Å². The number of nitrogens with one attached hydrogen (secondary N) is 2. The maximum absolute atomic E-state index is 11.9. The number of ether oxygens (including phenoxy) is 1. The van der Waals surface area contributed by atoms with Crippen molar-refractivity contribution in [1.82, 2.24) is 10.6 Å². The van der Waals surface area contributed by atoms with Crippen LogP contribution in [0.5, 0.6) is 5.75 Å². The van der Waals surface area contributed by atoms with Crippen molar-refractivity contribution in [3.05, 3.63) is 28.8 Å². The summed E-state index contributed by atoms with van der Waals surface area (Å²) in [5.74, 6) is 0.569. The van der Waals surface area contributed by atoms with Crippen LogP contribution >= 0.6 is 24.0 Å². The van der Waals surface area contributed by atoms with Gasteiger partial charge in [-0.3, -0.25) is 4.79 Å². The SMILES string of the molecule is Cc1c(Cl)cccc1OCC(=O)NCC1(C)CCNCC1.Cl. The van der Waals surface area contributed by atoms with Crippen molar-refractivity contribution in [2.24, 2.45) is 5.41 Å². The predicted octanol–water partition coefficient (Wildman–Crippen LogP) is 2.95. The molecule has 0 radical (unpaired) electrons. The van der Waals surface area contributed by atoms with E-state index in [1.807, 2.05) is 25.1 Å². The van der Waals surface area contributed by atoms with Gasteiger partial charge in [0.05, 0.1) is 0 Å². The van der Waals surface area contributed by atoms with Gasteiger partial charge in [-0.25, -0.2) is 0 Å². The summed E-state index contributed by atoms with van der Waals surface area (Å²) in [6, 6.07) is 5.45. The Hall–Kier alpha value is -0.970. The molecule has 1 aliphatic heterocycles. The van der Waals surface area contributed by atoms with Gasteiger partial charge in [-0.05, 0) is 50.4 Å². The Bertz CT molecular complexity index is 503. The Morgan fingerprint density at radius 2 is 2.09 bits per heavy atom. The molecule has 0 saturated carbocycles. The van der Waals surface area contributed by atoms with E-state index in [4.69, 9.17) is 16.3 Å². The number of halogens is 2. The van der Waals surface area contributed by atoms with Crippen LogP contribution in [0.1, 0.15) is 25.3 Å². The maximum atomic E-state index is 11.9. The van der Waals surface area contributed by atoms with Gasteiger partial charge < -0.3 is 15.4 Å². The first-order chi connectivity index (χ1) is 10.0. The van der Waals surface area contributed by atoms with E-state index in [2.05, 4.69) is 17.6 Å². The quantitative estimate of drug-likeness (QED) is 0.861. The van der Waals surface area contributed by atoms with E-state index in [1.165, 1.54) is 0 Å². The van der Waals surface area contributed by atoms with E-state index in [0.29, 0.717) is 17.3 Å². The second-order valence-electron chi connectivity index (χ2n) is 5.99. The summed E-state index contributed by atoms with van der Waals surface area (Å²) in [6.07, 6.45) is 2.17. The van der Waals surface area contributed by atoms with Crippen LogP contribution in [0.4, 0.5) is 0 Å². The molecular weight excluding hydrogens is 323 g/mol. The topological polar surface area (TPSA) is 50.4 Å². The highest BCUT2D eigenvalue weighted by Crippen LogP contribution is 2.27. The van der Waals surface area contributed by atoms with E-state index in [9.17, 15) is 4.79 Å². The normalized spacial score (nSPS) is 16.5. The zero-order chi connectivity index (χ0) is 15.3. The summed E-state index contributed by atoms with van der Waals surface area (Å²) < 4.78 is 5.54. The van der Waals surface area contributed by atoms with Crippen LogP contribution in [0.3, 0.4) is 0 Å². The molecule has 1 aliphatic rings. The molecule has 0 aliphatic carbocycles. The lowest BCUT2D eigenvalue weighted by molar-refractivity contribution is -0.123. The van der Waals surface area contributed by atoms with E-state index in [0.717, 1.165) is 31.5 Å². The zero-order valence-corrected chi connectivity index (χ0v) is 14.6. The van der Waals surface area contributed by atoms with Crippen LogP contribution in [-0.2, 0) is 4.79 Å². The minimum Gasteiger partial charge on any atom is -0.483 e. The summed E-state index contributed by atoms with van der Waals surface area (Å²) >= 11 is 6.02. The fourth-order valence-electron chi connectivity index (χ4n) is 2.46. The Labute approximate surface area is 143 Å². The van der Waals surface area contributed by atoms with Gasteiger partial charge in [0, 0.05) is 17.1 Å². The standard InChI is InChI=1S/C16H23ClN2O2.ClH/c1-12-13(17)4-3-5-14(12)21-10-15(20)19-11-16(2)6-8-18-9-7-16;/h3-5,18H,6-11H2,1-2H3,(H,19,20);1H. The lowest BCUT2D eigenvalue weighted by Crippen LogP contribution is -2.43. The highest BCUT2D eigenvalue weighted by molar-refractivity contribution is 6.31. The molecule has 0 spiro atoms. The minimum absolute atomic E-state index is 0. The van der Waals surface area contributed by atoms with Gasteiger partial charge >= 0.3 is 0 Å². The third kappa shape index (κ3) is 5.34. The molecule has 1 aromatic carbocycles. The second-order valence-corrected chi connectivity index (χ2v) is 6.40. The van der Waals surface area contributed by atoms with Crippen molar-refractivity contribution in [1.29, 1.82) is 0 Å². The number of rotatable bonds is 5. The Morgan fingerprint density at radius 3 is 2.77 bits per heavy atom. The average molecular weight is 347 g/mol. The van der Waals surface area contributed by atoms with Crippen LogP contribution in [0.2, 0.25) is 5.02 Å². The Morgan fingerprint density at radius 1 is 1.41 bits per heavy atom. The summed E-state index contributed by atoms with van der Waals surface area (Å²) in [4.78, 5) is 11.9. The van der Waals surface area contributed by atoms with Crippen LogP contribution in [0.25, 0.3) is 0 Å². The molecule has 4 nitrogen and oxygen atoms in total. The van der Waals surface area contributed by atoms with Gasteiger partial charge in [-0.2, -0.15) is 0 Å².